The lowest BCUT2D eigenvalue weighted by Crippen LogP contribution is -2.03. The molecule has 2 aromatic rings. The Labute approximate surface area is 105 Å². The monoisotopic (exact) mass is 267 g/mol. The van der Waals surface area contributed by atoms with Crippen LogP contribution in [0.5, 0.6) is 5.75 Å². The van der Waals surface area contributed by atoms with E-state index in [9.17, 15) is 8.42 Å². The molecular weight excluding hydrogens is 254 g/mol. The van der Waals surface area contributed by atoms with Gasteiger partial charge in [-0.2, -0.15) is 8.42 Å². The largest absolute Gasteiger partial charge is 0.496 e. The predicted octanol–water partition coefficient (Wildman–Crippen LogP) is 1.99. The first kappa shape index (κ1) is 12.7. The molecule has 2 rings (SSSR count). The summed E-state index contributed by atoms with van der Waals surface area (Å²) in [7, 11) is -2.79. The normalized spacial score (nSPS) is 11.7. The standard InChI is InChI=1S/C12H13NO4S/c1-7-3-8-5-12(18(14,15)16)10(13)6-9(8)11(4-7)17-2/h3-6H,13H2,1-2H3,(H,14,15,16). The minimum atomic E-state index is -4.32. The second-order valence-electron chi connectivity index (χ2n) is 4.05. The van der Waals surface area contributed by atoms with E-state index in [1.54, 1.807) is 6.07 Å². The molecule has 96 valence electrons. The SMILES string of the molecule is COc1cc(C)cc2cc(S(=O)(=O)O)c(N)cc12. The molecule has 0 spiro atoms. The van der Waals surface area contributed by atoms with Crippen molar-refractivity contribution in [3.63, 3.8) is 0 Å². The minimum absolute atomic E-state index is 0.00727. The Morgan fingerprint density at radius 2 is 1.89 bits per heavy atom. The molecule has 3 N–H and O–H groups in total. The van der Waals surface area contributed by atoms with Crippen LogP contribution in [0.15, 0.2) is 29.2 Å². The molecule has 0 aromatic heterocycles. The van der Waals surface area contributed by atoms with E-state index in [2.05, 4.69) is 0 Å². The number of hydrogen-bond acceptors (Lipinski definition) is 4. The summed E-state index contributed by atoms with van der Waals surface area (Å²) in [5.41, 5.74) is 6.55. The average molecular weight is 267 g/mol. The Bertz CT molecular complexity index is 722. The van der Waals surface area contributed by atoms with Gasteiger partial charge < -0.3 is 10.5 Å². The lowest BCUT2D eigenvalue weighted by Gasteiger charge is -2.10. The summed E-state index contributed by atoms with van der Waals surface area (Å²) >= 11 is 0. The lowest BCUT2D eigenvalue weighted by atomic mass is 10.1. The lowest BCUT2D eigenvalue weighted by molar-refractivity contribution is 0.419. The molecule has 0 saturated heterocycles. The van der Waals surface area contributed by atoms with E-state index in [4.69, 9.17) is 15.0 Å². The van der Waals surface area contributed by atoms with Crippen molar-refractivity contribution in [2.45, 2.75) is 11.8 Å². The third-order valence-corrected chi connectivity index (χ3v) is 3.60. The van der Waals surface area contributed by atoms with Gasteiger partial charge in [0.05, 0.1) is 12.8 Å². The highest BCUT2D eigenvalue weighted by Crippen LogP contribution is 2.32. The Balaban J connectivity index is 2.88. The van der Waals surface area contributed by atoms with Gasteiger partial charge in [0.15, 0.2) is 0 Å². The number of methoxy groups -OCH3 is 1. The number of aryl methyl sites for hydroxylation is 1. The van der Waals surface area contributed by atoms with Crippen molar-refractivity contribution >= 4 is 26.6 Å². The number of anilines is 1. The van der Waals surface area contributed by atoms with Gasteiger partial charge in [-0.3, -0.25) is 4.55 Å². The summed E-state index contributed by atoms with van der Waals surface area (Å²) in [6, 6.07) is 6.45. The fourth-order valence-electron chi connectivity index (χ4n) is 1.91. The molecule has 0 heterocycles. The van der Waals surface area contributed by atoms with Gasteiger partial charge in [0.2, 0.25) is 0 Å². The van der Waals surface area contributed by atoms with E-state index in [0.717, 1.165) is 5.56 Å². The van der Waals surface area contributed by atoms with Crippen molar-refractivity contribution in [3.05, 3.63) is 29.8 Å². The van der Waals surface area contributed by atoms with Gasteiger partial charge in [-0.05, 0) is 36.1 Å². The Morgan fingerprint density at radius 1 is 1.22 bits per heavy atom. The molecule has 0 amide bonds. The van der Waals surface area contributed by atoms with Gasteiger partial charge in [-0.25, -0.2) is 0 Å². The van der Waals surface area contributed by atoms with Crippen LogP contribution in [-0.4, -0.2) is 20.1 Å². The van der Waals surface area contributed by atoms with E-state index in [0.29, 0.717) is 16.5 Å². The van der Waals surface area contributed by atoms with Crippen LogP contribution in [0, 0.1) is 6.92 Å². The van der Waals surface area contributed by atoms with E-state index in [-0.39, 0.29) is 10.6 Å². The molecule has 0 bridgehead atoms. The molecule has 5 nitrogen and oxygen atoms in total. The summed E-state index contributed by atoms with van der Waals surface area (Å²) in [6.45, 7) is 1.87. The van der Waals surface area contributed by atoms with Crippen molar-refractivity contribution in [1.29, 1.82) is 0 Å². The number of fused-ring (bicyclic) bond motifs is 1. The first-order chi connectivity index (χ1) is 8.32. The summed E-state index contributed by atoms with van der Waals surface area (Å²) in [4.78, 5) is -0.289. The van der Waals surface area contributed by atoms with Gasteiger partial charge >= 0.3 is 0 Å². The molecular formula is C12H13NO4S. The number of ether oxygens (including phenoxy) is 1. The first-order valence-electron chi connectivity index (χ1n) is 5.18. The molecule has 0 aliphatic rings. The number of benzene rings is 2. The number of hydrogen-bond donors (Lipinski definition) is 2. The molecule has 2 aromatic carbocycles. The average Bonchev–Trinajstić information content (AvgIpc) is 2.26. The van der Waals surface area contributed by atoms with Gasteiger partial charge in [-0.15, -0.1) is 0 Å². The van der Waals surface area contributed by atoms with Crippen LogP contribution < -0.4 is 10.5 Å². The van der Waals surface area contributed by atoms with Crippen LogP contribution >= 0.6 is 0 Å². The topological polar surface area (TPSA) is 89.6 Å². The maximum Gasteiger partial charge on any atom is 0.296 e. The highest BCUT2D eigenvalue weighted by Gasteiger charge is 2.16. The van der Waals surface area contributed by atoms with Crippen LogP contribution in [0.25, 0.3) is 10.8 Å². The van der Waals surface area contributed by atoms with E-state index in [1.165, 1.54) is 19.2 Å². The summed E-state index contributed by atoms with van der Waals surface area (Å²) in [5, 5.41) is 1.35. The van der Waals surface area contributed by atoms with E-state index < -0.39 is 10.1 Å². The smallest absolute Gasteiger partial charge is 0.296 e. The Kier molecular flexibility index (Phi) is 2.92. The summed E-state index contributed by atoms with van der Waals surface area (Å²) in [6.07, 6.45) is 0. The summed E-state index contributed by atoms with van der Waals surface area (Å²) < 4.78 is 36.7. The quantitative estimate of drug-likeness (QED) is 0.641. The first-order valence-corrected chi connectivity index (χ1v) is 6.62. The molecule has 18 heavy (non-hydrogen) atoms. The van der Waals surface area contributed by atoms with Gasteiger partial charge in [-0.1, -0.05) is 6.07 Å². The molecule has 0 unspecified atom stereocenters. The number of nitrogens with two attached hydrogens (primary N) is 1. The van der Waals surface area contributed by atoms with Crippen LogP contribution in [-0.2, 0) is 10.1 Å². The van der Waals surface area contributed by atoms with Gasteiger partial charge in [0.1, 0.15) is 10.6 Å². The van der Waals surface area contributed by atoms with Crippen molar-refractivity contribution in [2.75, 3.05) is 12.8 Å². The maximum atomic E-state index is 11.2. The predicted molar refractivity (Wildman–Crippen MR) is 69.5 cm³/mol. The van der Waals surface area contributed by atoms with Crippen molar-refractivity contribution in [3.8, 4) is 5.75 Å². The summed E-state index contributed by atoms with van der Waals surface area (Å²) in [5.74, 6) is 0.610. The Hall–Kier alpha value is -1.79. The minimum Gasteiger partial charge on any atom is -0.496 e. The van der Waals surface area contributed by atoms with E-state index in [1.807, 2.05) is 13.0 Å². The van der Waals surface area contributed by atoms with Crippen LogP contribution in [0.4, 0.5) is 5.69 Å². The number of rotatable bonds is 2. The van der Waals surface area contributed by atoms with Crippen LogP contribution in [0.3, 0.4) is 0 Å². The van der Waals surface area contributed by atoms with Gasteiger partial charge in [0.25, 0.3) is 10.1 Å². The van der Waals surface area contributed by atoms with Crippen molar-refractivity contribution in [2.24, 2.45) is 0 Å². The Morgan fingerprint density at radius 3 is 2.44 bits per heavy atom. The highest BCUT2D eigenvalue weighted by atomic mass is 32.2. The highest BCUT2D eigenvalue weighted by molar-refractivity contribution is 7.86. The van der Waals surface area contributed by atoms with Gasteiger partial charge in [0, 0.05) is 5.39 Å². The molecule has 0 atom stereocenters. The zero-order chi connectivity index (χ0) is 13.5. The fraction of sp³-hybridized carbons (Fsp3) is 0.167. The maximum absolute atomic E-state index is 11.2. The van der Waals surface area contributed by atoms with E-state index >= 15 is 0 Å². The zero-order valence-electron chi connectivity index (χ0n) is 9.97. The molecule has 0 fully saturated rings. The van der Waals surface area contributed by atoms with Crippen LogP contribution in [0.2, 0.25) is 0 Å². The second-order valence-corrected chi connectivity index (χ2v) is 5.44. The molecule has 0 radical (unpaired) electrons. The van der Waals surface area contributed by atoms with Crippen molar-refractivity contribution in [1.82, 2.24) is 0 Å². The third-order valence-electron chi connectivity index (χ3n) is 2.69. The zero-order valence-corrected chi connectivity index (χ0v) is 10.8. The molecule has 0 saturated carbocycles. The van der Waals surface area contributed by atoms with Crippen molar-refractivity contribution < 1.29 is 17.7 Å². The fourth-order valence-corrected chi connectivity index (χ4v) is 2.54. The second kappa shape index (κ2) is 4.15. The van der Waals surface area contributed by atoms with Crippen LogP contribution in [0.1, 0.15) is 5.56 Å². The number of nitrogen functional groups attached to an aromatic ring is 1. The third kappa shape index (κ3) is 2.12. The molecule has 6 heteroatoms. The molecule has 0 aliphatic carbocycles. The molecule has 0 aliphatic heterocycles.